The van der Waals surface area contributed by atoms with Gasteiger partial charge in [0.1, 0.15) is 22.5 Å². The zero-order chi connectivity index (χ0) is 22.2. The highest BCUT2D eigenvalue weighted by Crippen LogP contribution is 2.33. The number of fused-ring (bicyclic) bond motifs is 1. The van der Waals surface area contributed by atoms with Crippen LogP contribution in [0, 0.1) is 6.92 Å². The lowest BCUT2D eigenvalue weighted by Crippen LogP contribution is -2.20. The number of rotatable bonds is 5. The summed E-state index contributed by atoms with van der Waals surface area (Å²) in [5.41, 5.74) is 1.38. The molecule has 31 heavy (non-hydrogen) atoms. The number of aromatic nitrogens is 3. The molecule has 0 aliphatic carbocycles. The molecule has 1 N–H and O–H groups in total. The second kappa shape index (κ2) is 7.75. The molecule has 0 saturated heterocycles. The summed E-state index contributed by atoms with van der Waals surface area (Å²) in [6, 6.07) is 16.2. The number of hydrogen-bond acceptors (Lipinski definition) is 4. The molecule has 0 aliphatic heterocycles. The minimum Gasteiger partial charge on any atom is -0.478 e. The largest absolute Gasteiger partial charge is 0.478 e. The van der Waals surface area contributed by atoms with Gasteiger partial charge in [-0.05, 0) is 48.9 Å². The van der Waals surface area contributed by atoms with Crippen LogP contribution in [0.2, 0.25) is 0 Å². The Hall–Kier alpha value is -3.88. The summed E-state index contributed by atoms with van der Waals surface area (Å²) >= 11 is 0. The van der Waals surface area contributed by atoms with Crippen molar-refractivity contribution in [3.63, 3.8) is 0 Å². The molecule has 0 aliphatic rings. The van der Waals surface area contributed by atoms with Gasteiger partial charge in [0.15, 0.2) is 0 Å². The zero-order valence-corrected chi connectivity index (χ0v) is 16.2. The molecule has 1 atom stereocenters. The van der Waals surface area contributed by atoms with Crippen molar-refractivity contribution in [2.24, 2.45) is 0 Å². The Kier molecular flexibility index (Phi) is 5.10. The van der Waals surface area contributed by atoms with E-state index in [4.69, 9.17) is 4.74 Å². The molecule has 1 heterocycles. The van der Waals surface area contributed by atoms with Gasteiger partial charge < -0.3 is 9.84 Å². The average Bonchev–Trinajstić information content (AvgIpc) is 3.16. The minimum absolute atomic E-state index is 0.121. The monoisotopic (exact) mass is 427 g/mol. The molecule has 0 spiro atoms. The van der Waals surface area contributed by atoms with E-state index in [1.807, 2.05) is 19.1 Å². The van der Waals surface area contributed by atoms with Crippen LogP contribution in [0.25, 0.3) is 16.7 Å². The van der Waals surface area contributed by atoms with E-state index in [1.54, 1.807) is 30.3 Å². The summed E-state index contributed by atoms with van der Waals surface area (Å²) in [5, 5.41) is 18.4. The molecule has 0 saturated carbocycles. The van der Waals surface area contributed by atoms with E-state index in [0.29, 0.717) is 16.7 Å². The third kappa shape index (κ3) is 4.20. The van der Waals surface area contributed by atoms with Crippen LogP contribution in [0.1, 0.15) is 22.8 Å². The number of alkyl halides is 3. The van der Waals surface area contributed by atoms with Crippen LogP contribution < -0.4 is 4.74 Å². The maximum absolute atomic E-state index is 13.1. The summed E-state index contributed by atoms with van der Waals surface area (Å²) < 4.78 is 44.9. The standard InChI is InChI=1S/C22H16F3N3O3/c1-13-9-10-19(18(11-13)28-26-16-7-2-3-8-17(16)27-28)31-20(21(29)30)14-5-4-6-15(12-14)22(23,24)25/h2-12,20H,1H3,(H,29,30). The lowest BCUT2D eigenvalue weighted by Gasteiger charge is -2.19. The fraction of sp³-hybridized carbons (Fsp3) is 0.136. The van der Waals surface area contributed by atoms with Gasteiger partial charge >= 0.3 is 12.1 Å². The molecule has 0 amide bonds. The van der Waals surface area contributed by atoms with Gasteiger partial charge in [0.2, 0.25) is 6.10 Å². The summed E-state index contributed by atoms with van der Waals surface area (Å²) in [6.45, 7) is 1.83. The number of hydrogen-bond donors (Lipinski definition) is 1. The predicted octanol–water partition coefficient (Wildman–Crippen LogP) is 4.95. The summed E-state index contributed by atoms with van der Waals surface area (Å²) in [4.78, 5) is 13.2. The molecule has 3 aromatic carbocycles. The van der Waals surface area contributed by atoms with Crippen molar-refractivity contribution >= 4 is 17.0 Å². The van der Waals surface area contributed by atoms with E-state index < -0.39 is 23.8 Å². The third-order valence-electron chi connectivity index (χ3n) is 4.60. The zero-order valence-electron chi connectivity index (χ0n) is 16.2. The Morgan fingerprint density at radius 1 is 1.00 bits per heavy atom. The highest BCUT2D eigenvalue weighted by Gasteiger charge is 2.32. The van der Waals surface area contributed by atoms with Gasteiger partial charge in [-0.1, -0.05) is 30.3 Å². The molecule has 0 bridgehead atoms. The molecule has 1 unspecified atom stereocenters. The average molecular weight is 427 g/mol. The predicted molar refractivity (Wildman–Crippen MR) is 106 cm³/mol. The van der Waals surface area contributed by atoms with Gasteiger partial charge in [-0.25, -0.2) is 4.79 Å². The summed E-state index contributed by atoms with van der Waals surface area (Å²) in [5.74, 6) is -1.31. The van der Waals surface area contributed by atoms with Crippen LogP contribution in [-0.4, -0.2) is 26.1 Å². The van der Waals surface area contributed by atoms with Crippen LogP contribution in [0.15, 0.2) is 66.7 Å². The first-order chi connectivity index (χ1) is 14.7. The van der Waals surface area contributed by atoms with Crippen LogP contribution in [0.4, 0.5) is 13.2 Å². The van der Waals surface area contributed by atoms with Crippen LogP contribution in [-0.2, 0) is 11.0 Å². The lowest BCUT2D eigenvalue weighted by atomic mass is 10.1. The quantitative estimate of drug-likeness (QED) is 0.488. The van der Waals surface area contributed by atoms with Crippen molar-refractivity contribution in [1.29, 1.82) is 0 Å². The fourth-order valence-electron chi connectivity index (χ4n) is 3.12. The number of aliphatic carboxylic acids is 1. The minimum atomic E-state index is -4.60. The Balaban J connectivity index is 1.76. The molecule has 6 nitrogen and oxygen atoms in total. The van der Waals surface area contributed by atoms with Crippen LogP contribution in [0.5, 0.6) is 5.75 Å². The number of benzene rings is 3. The molecule has 1 aromatic heterocycles. The van der Waals surface area contributed by atoms with E-state index in [-0.39, 0.29) is 11.3 Å². The Morgan fingerprint density at radius 3 is 2.29 bits per heavy atom. The van der Waals surface area contributed by atoms with Gasteiger partial charge in [-0.3, -0.25) is 0 Å². The normalized spacial score (nSPS) is 12.6. The maximum Gasteiger partial charge on any atom is 0.416 e. The van der Waals surface area contributed by atoms with Crippen LogP contribution >= 0.6 is 0 Å². The first-order valence-electron chi connectivity index (χ1n) is 9.22. The van der Waals surface area contributed by atoms with Crippen LogP contribution in [0.3, 0.4) is 0 Å². The lowest BCUT2D eigenvalue weighted by molar-refractivity contribution is -0.146. The van der Waals surface area contributed by atoms with E-state index in [9.17, 15) is 23.1 Å². The second-order valence-corrected chi connectivity index (χ2v) is 6.91. The molecular weight excluding hydrogens is 411 g/mol. The van der Waals surface area contributed by atoms with Gasteiger partial charge in [0.05, 0.1) is 5.56 Å². The molecule has 4 rings (SSSR count). The highest BCUT2D eigenvalue weighted by atomic mass is 19.4. The van der Waals surface area contributed by atoms with Crippen molar-refractivity contribution < 1.29 is 27.8 Å². The number of aryl methyl sites for hydroxylation is 1. The molecule has 0 fully saturated rings. The molecule has 158 valence electrons. The van der Waals surface area contributed by atoms with Gasteiger partial charge in [0, 0.05) is 5.56 Å². The first-order valence-corrected chi connectivity index (χ1v) is 9.22. The molecule has 9 heteroatoms. The summed E-state index contributed by atoms with van der Waals surface area (Å²) in [7, 11) is 0. The highest BCUT2D eigenvalue weighted by molar-refractivity contribution is 5.76. The number of carboxylic acids is 1. The van der Waals surface area contributed by atoms with E-state index >= 15 is 0 Å². The Morgan fingerprint density at radius 2 is 1.68 bits per heavy atom. The van der Waals surface area contributed by atoms with Crippen molar-refractivity contribution in [2.45, 2.75) is 19.2 Å². The summed E-state index contributed by atoms with van der Waals surface area (Å²) in [6.07, 6.45) is -6.26. The van der Waals surface area contributed by atoms with E-state index in [0.717, 1.165) is 23.8 Å². The van der Waals surface area contributed by atoms with Gasteiger partial charge in [-0.15, -0.1) is 15.0 Å². The van der Waals surface area contributed by atoms with Crippen molar-refractivity contribution in [3.8, 4) is 11.4 Å². The number of halogens is 3. The van der Waals surface area contributed by atoms with E-state index in [2.05, 4.69) is 10.2 Å². The molecule has 0 radical (unpaired) electrons. The van der Waals surface area contributed by atoms with E-state index in [1.165, 1.54) is 10.9 Å². The van der Waals surface area contributed by atoms with Gasteiger partial charge in [-0.2, -0.15) is 13.2 Å². The van der Waals surface area contributed by atoms with Crippen molar-refractivity contribution in [2.75, 3.05) is 0 Å². The second-order valence-electron chi connectivity index (χ2n) is 6.91. The fourth-order valence-corrected chi connectivity index (χ4v) is 3.12. The molecular formula is C22H16F3N3O3. The third-order valence-corrected chi connectivity index (χ3v) is 4.60. The first kappa shape index (κ1) is 20.4. The smallest absolute Gasteiger partial charge is 0.416 e. The van der Waals surface area contributed by atoms with Crippen molar-refractivity contribution in [3.05, 3.63) is 83.4 Å². The Bertz CT molecular complexity index is 1230. The van der Waals surface area contributed by atoms with Crippen molar-refractivity contribution in [1.82, 2.24) is 15.0 Å². The number of carboxylic acid groups (broad SMARTS) is 1. The SMILES string of the molecule is Cc1ccc(OC(C(=O)O)c2cccc(C(F)(F)F)c2)c(-n2nc3ccccc3n2)c1. The number of carbonyl (C=O) groups is 1. The molecule has 4 aromatic rings. The topological polar surface area (TPSA) is 77.2 Å². The number of nitrogens with zero attached hydrogens (tertiary/aromatic N) is 3. The van der Waals surface area contributed by atoms with Gasteiger partial charge in [0.25, 0.3) is 0 Å². The maximum atomic E-state index is 13.1. The Labute approximate surface area is 174 Å². The number of ether oxygens (including phenoxy) is 1.